The lowest BCUT2D eigenvalue weighted by molar-refractivity contribution is 0.103. The Morgan fingerprint density at radius 1 is 1.27 bits per heavy atom. The summed E-state index contributed by atoms with van der Waals surface area (Å²) in [6, 6.07) is 6.86. The molecule has 0 aliphatic heterocycles. The van der Waals surface area contributed by atoms with E-state index in [0.29, 0.717) is 22.7 Å². The number of nitrogens with zero attached hydrogens (tertiary/aromatic N) is 1. The molecule has 9 heteroatoms. The molecule has 26 heavy (non-hydrogen) atoms. The molecule has 0 saturated carbocycles. The number of nitrogens with one attached hydrogen (secondary N) is 1. The van der Waals surface area contributed by atoms with Crippen LogP contribution in [0.5, 0.6) is 0 Å². The van der Waals surface area contributed by atoms with Crippen LogP contribution in [-0.2, 0) is 16.6 Å². The number of halogens is 2. The minimum Gasteiger partial charge on any atom is -0.335 e. The van der Waals surface area contributed by atoms with Gasteiger partial charge in [-0.25, -0.2) is 13.1 Å². The van der Waals surface area contributed by atoms with Gasteiger partial charge in [-0.1, -0.05) is 29.3 Å². The summed E-state index contributed by atoms with van der Waals surface area (Å²) in [5.41, 5.74) is 1.68. The van der Waals surface area contributed by atoms with Crippen molar-refractivity contribution in [1.82, 2.24) is 9.29 Å². The summed E-state index contributed by atoms with van der Waals surface area (Å²) in [7, 11) is -3.27. The van der Waals surface area contributed by atoms with E-state index in [1.807, 2.05) is 22.9 Å². The van der Waals surface area contributed by atoms with Crippen LogP contribution in [0.1, 0.15) is 21.6 Å². The van der Waals surface area contributed by atoms with Gasteiger partial charge in [-0.2, -0.15) is 0 Å². The summed E-state index contributed by atoms with van der Waals surface area (Å²) in [5.74, 6) is -0.201. The maximum atomic E-state index is 13.1. The largest absolute Gasteiger partial charge is 0.335 e. The SMILES string of the molecule is Cc1c(C(=O)c2cccc(Cl)c2Cl)c2ccsc2n1CCNS(C)(=O)=O. The Balaban J connectivity index is 2.04. The van der Waals surface area contributed by atoms with Crippen molar-refractivity contribution in [2.45, 2.75) is 13.5 Å². The van der Waals surface area contributed by atoms with Crippen molar-refractivity contribution in [3.05, 3.63) is 56.5 Å². The van der Waals surface area contributed by atoms with E-state index in [1.165, 1.54) is 11.3 Å². The predicted molar refractivity (Wildman–Crippen MR) is 107 cm³/mol. The number of aromatic nitrogens is 1. The van der Waals surface area contributed by atoms with Gasteiger partial charge in [-0.05, 0) is 30.5 Å². The fourth-order valence-corrected chi connectivity index (χ4v) is 4.73. The van der Waals surface area contributed by atoms with Gasteiger partial charge in [0.2, 0.25) is 10.0 Å². The molecule has 0 aliphatic carbocycles. The van der Waals surface area contributed by atoms with E-state index in [0.717, 1.165) is 22.2 Å². The molecule has 3 aromatic rings. The molecular weight excluding hydrogens is 415 g/mol. The second kappa shape index (κ2) is 7.32. The molecule has 0 radical (unpaired) electrons. The summed E-state index contributed by atoms with van der Waals surface area (Å²) in [5, 5.41) is 3.29. The fraction of sp³-hybridized carbons (Fsp3) is 0.235. The van der Waals surface area contributed by atoms with Gasteiger partial charge >= 0.3 is 0 Å². The van der Waals surface area contributed by atoms with Crippen molar-refractivity contribution in [3.8, 4) is 0 Å². The van der Waals surface area contributed by atoms with E-state index < -0.39 is 10.0 Å². The van der Waals surface area contributed by atoms with Crippen LogP contribution in [0.3, 0.4) is 0 Å². The van der Waals surface area contributed by atoms with Crippen LogP contribution in [0.4, 0.5) is 0 Å². The number of hydrogen-bond donors (Lipinski definition) is 1. The number of benzene rings is 1. The maximum Gasteiger partial charge on any atom is 0.208 e. The smallest absolute Gasteiger partial charge is 0.208 e. The van der Waals surface area contributed by atoms with E-state index in [2.05, 4.69) is 4.72 Å². The number of rotatable bonds is 6. The average molecular weight is 431 g/mol. The summed E-state index contributed by atoms with van der Waals surface area (Å²) >= 11 is 13.8. The second-order valence-electron chi connectivity index (χ2n) is 5.85. The third-order valence-corrected chi connectivity index (χ3v) is 6.53. The van der Waals surface area contributed by atoms with Gasteiger partial charge in [0.1, 0.15) is 4.83 Å². The number of fused-ring (bicyclic) bond motifs is 1. The number of ketones is 1. The van der Waals surface area contributed by atoms with Crippen molar-refractivity contribution < 1.29 is 13.2 Å². The van der Waals surface area contributed by atoms with Crippen molar-refractivity contribution in [2.75, 3.05) is 12.8 Å². The molecule has 0 unspecified atom stereocenters. The first kappa shape index (κ1) is 19.4. The first-order valence-electron chi connectivity index (χ1n) is 7.70. The van der Waals surface area contributed by atoms with Crippen molar-refractivity contribution in [1.29, 1.82) is 0 Å². The number of hydrogen-bond acceptors (Lipinski definition) is 4. The highest BCUT2D eigenvalue weighted by Crippen LogP contribution is 2.34. The molecule has 0 amide bonds. The van der Waals surface area contributed by atoms with E-state index in [-0.39, 0.29) is 17.4 Å². The average Bonchev–Trinajstić information content (AvgIpc) is 3.10. The van der Waals surface area contributed by atoms with Gasteiger partial charge in [-0.15, -0.1) is 11.3 Å². The molecule has 1 aromatic carbocycles. The molecule has 2 aromatic heterocycles. The maximum absolute atomic E-state index is 13.1. The molecule has 0 saturated heterocycles. The highest BCUT2D eigenvalue weighted by atomic mass is 35.5. The summed E-state index contributed by atoms with van der Waals surface area (Å²) in [6.07, 6.45) is 1.12. The Morgan fingerprint density at radius 3 is 2.69 bits per heavy atom. The van der Waals surface area contributed by atoms with Crippen LogP contribution in [0.2, 0.25) is 10.0 Å². The molecule has 5 nitrogen and oxygen atoms in total. The normalized spacial score (nSPS) is 12.0. The second-order valence-corrected chi connectivity index (χ2v) is 9.36. The third-order valence-electron chi connectivity index (χ3n) is 4.05. The molecule has 0 aliphatic rings. The Labute approximate surface area is 165 Å². The van der Waals surface area contributed by atoms with Crippen LogP contribution >= 0.6 is 34.5 Å². The first-order chi connectivity index (χ1) is 12.2. The summed E-state index contributed by atoms with van der Waals surface area (Å²) < 4.78 is 27.0. The monoisotopic (exact) mass is 430 g/mol. The predicted octanol–water partition coefficient (Wildman–Crippen LogP) is 4.10. The molecule has 2 heterocycles. The van der Waals surface area contributed by atoms with Crippen LogP contribution < -0.4 is 4.72 Å². The standard InChI is InChI=1S/C17H16Cl2N2O3S2/c1-10-14(16(22)12-4-3-5-13(18)15(12)19)11-6-9-25-17(11)21(10)8-7-20-26(2,23)24/h3-6,9,20H,7-8H2,1-2H3. The van der Waals surface area contributed by atoms with Crippen LogP contribution in [0.15, 0.2) is 29.6 Å². The Bertz CT molecular complexity index is 1100. The number of sulfonamides is 1. The summed E-state index contributed by atoms with van der Waals surface area (Å²) in [4.78, 5) is 14.1. The highest BCUT2D eigenvalue weighted by molar-refractivity contribution is 7.88. The topological polar surface area (TPSA) is 68.2 Å². The lowest BCUT2D eigenvalue weighted by Crippen LogP contribution is -2.26. The Hall–Kier alpha value is -1.38. The lowest BCUT2D eigenvalue weighted by Gasteiger charge is -2.09. The molecule has 0 fully saturated rings. The quantitative estimate of drug-likeness (QED) is 0.598. The van der Waals surface area contributed by atoms with Crippen LogP contribution in [0.25, 0.3) is 10.2 Å². The van der Waals surface area contributed by atoms with Crippen LogP contribution in [-0.4, -0.2) is 31.6 Å². The molecule has 3 rings (SSSR count). The molecule has 0 atom stereocenters. The van der Waals surface area contributed by atoms with E-state index in [9.17, 15) is 13.2 Å². The van der Waals surface area contributed by atoms with Crippen molar-refractivity contribution in [2.24, 2.45) is 0 Å². The van der Waals surface area contributed by atoms with Gasteiger partial charge < -0.3 is 4.57 Å². The number of thiophene rings is 1. The lowest BCUT2D eigenvalue weighted by atomic mass is 10.0. The van der Waals surface area contributed by atoms with Crippen molar-refractivity contribution in [3.63, 3.8) is 0 Å². The van der Waals surface area contributed by atoms with Crippen molar-refractivity contribution >= 4 is 60.6 Å². The van der Waals surface area contributed by atoms with E-state index >= 15 is 0 Å². The van der Waals surface area contributed by atoms with Crippen LogP contribution in [0, 0.1) is 6.92 Å². The third kappa shape index (κ3) is 3.68. The van der Waals surface area contributed by atoms with Gasteiger partial charge in [0, 0.05) is 29.7 Å². The zero-order valence-corrected chi connectivity index (χ0v) is 17.2. The number of carbonyl (C=O) groups is 1. The Morgan fingerprint density at radius 2 is 2.00 bits per heavy atom. The fourth-order valence-electron chi connectivity index (χ4n) is 2.90. The molecule has 0 spiro atoms. The van der Waals surface area contributed by atoms with Gasteiger partial charge in [0.15, 0.2) is 5.78 Å². The first-order valence-corrected chi connectivity index (χ1v) is 11.2. The molecule has 1 N–H and O–H groups in total. The van der Waals surface area contributed by atoms with Gasteiger partial charge in [0.05, 0.1) is 21.9 Å². The van der Waals surface area contributed by atoms with E-state index in [4.69, 9.17) is 23.2 Å². The highest BCUT2D eigenvalue weighted by Gasteiger charge is 2.24. The number of carbonyl (C=O) groups excluding carboxylic acids is 1. The zero-order valence-electron chi connectivity index (χ0n) is 14.0. The molecule has 138 valence electrons. The Kier molecular flexibility index (Phi) is 5.46. The molecular formula is C17H16Cl2N2O3S2. The van der Waals surface area contributed by atoms with E-state index in [1.54, 1.807) is 18.2 Å². The van der Waals surface area contributed by atoms with Gasteiger partial charge in [-0.3, -0.25) is 4.79 Å². The summed E-state index contributed by atoms with van der Waals surface area (Å²) in [6.45, 7) is 2.51. The zero-order chi connectivity index (χ0) is 19.1. The van der Waals surface area contributed by atoms with Gasteiger partial charge in [0.25, 0.3) is 0 Å². The minimum atomic E-state index is -3.27. The molecule has 0 bridgehead atoms. The minimum absolute atomic E-state index is 0.201.